The van der Waals surface area contributed by atoms with Crippen LogP contribution in [0.25, 0.3) is 34.1 Å². The van der Waals surface area contributed by atoms with E-state index >= 15 is 0 Å². The summed E-state index contributed by atoms with van der Waals surface area (Å²) in [6.45, 7) is 0. The molecule has 4 aromatic heterocycles. The summed E-state index contributed by atoms with van der Waals surface area (Å²) in [4.78, 5) is 17.6. The molecule has 0 radical (unpaired) electrons. The van der Waals surface area contributed by atoms with Crippen molar-refractivity contribution in [3.8, 4) is 22.9 Å². The number of aromatic nitrogens is 7. The van der Waals surface area contributed by atoms with Crippen LogP contribution in [0.4, 0.5) is 5.82 Å². The van der Waals surface area contributed by atoms with Crippen molar-refractivity contribution in [1.29, 1.82) is 0 Å². The second-order valence-electron chi connectivity index (χ2n) is 5.18. The van der Waals surface area contributed by atoms with Crippen LogP contribution in [0, 0.1) is 0 Å². The van der Waals surface area contributed by atoms with Crippen LogP contribution < -0.4 is 5.73 Å². The molecule has 8 nitrogen and oxygen atoms in total. The van der Waals surface area contributed by atoms with Crippen LogP contribution in [0.2, 0.25) is 0 Å². The summed E-state index contributed by atoms with van der Waals surface area (Å²) in [5, 5.41) is 4.08. The zero-order valence-corrected chi connectivity index (χ0v) is 12.7. The van der Waals surface area contributed by atoms with Crippen molar-refractivity contribution in [3.05, 3.63) is 36.8 Å². The zero-order chi connectivity index (χ0) is 16.0. The van der Waals surface area contributed by atoms with Gasteiger partial charge in [0.15, 0.2) is 11.5 Å². The lowest BCUT2D eigenvalue weighted by Crippen LogP contribution is -2.00. The summed E-state index contributed by atoms with van der Waals surface area (Å²) < 4.78 is 3.59. The predicted molar refractivity (Wildman–Crippen MR) is 86.1 cm³/mol. The van der Waals surface area contributed by atoms with Gasteiger partial charge >= 0.3 is 0 Å². The highest BCUT2D eigenvalue weighted by Crippen LogP contribution is 2.27. The molecule has 4 heterocycles. The first-order valence-electron chi connectivity index (χ1n) is 7.04. The zero-order valence-electron chi connectivity index (χ0n) is 12.7. The smallest absolute Gasteiger partial charge is 0.176 e. The second-order valence-corrected chi connectivity index (χ2v) is 5.18. The van der Waals surface area contributed by atoms with Crippen molar-refractivity contribution in [2.24, 2.45) is 14.1 Å². The minimum absolute atomic E-state index is 0.444. The molecule has 4 aromatic rings. The number of nitrogen functional groups attached to an aromatic ring is 1. The van der Waals surface area contributed by atoms with E-state index < -0.39 is 0 Å². The number of imidazole rings is 1. The van der Waals surface area contributed by atoms with Gasteiger partial charge in [0.25, 0.3) is 0 Å². The van der Waals surface area contributed by atoms with Crippen LogP contribution >= 0.6 is 0 Å². The Morgan fingerprint density at radius 3 is 2.61 bits per heavy atom. The summed E-state index contributed by atoms with van der Waals surface area (Å²) in [5.41, 5.74) is 9.03. The first-order chi connectivity index (χ1) is 11.1. The SMILES string of the molecule is Cn1ncnc1-c1ccc2nc(-c3cccnc3N)n(C)c2n1. The van der Waals surface area contributed by atoms with Gasteiger partial charge < -0.3 is 10.3 Å². The molecule has 0 amide bonds. The molecule has 4 rings (SSSR count). The Kier molecular flexibility index (Phi) is 2.83. The van der Waals surface area contributed by atoms with Gasteiger partial charge in [-0.1, -0.05) is 0 Å². The lowest BCUT2D eigenvalue weighted by atomic mass is 10.2. The highest BCUT2D eigenvalue weighted by Gasteiger charge is 2.15. The third-order valence-corrected chi connectivity index (χ3v) is 3.74. The summed E-state index contributed by atoms with van der Waals surface area (Å²) in [6, 6.07) is 7.54. The first-order valence-corrected chi connectivity index (χ1v) is 7.04. The monoisotopic (exact) mass is 306 g/mol. The second kappa shape index (κ2) is 4.87. The van der Waals surface area contributed by atoms with Crippen LogP contribution in [0.15, 0.2) is 36.8 Å². The maximum atomic E-state index is 5.96. The van der Waals surface area contributed by atoms with Crippen LogP contribution in [0.5, 0.6) is 0 Å². The van der Waals surface area contributed by atoms with E-state index in [1.807, 2.05) is 42.9 Å². The van der Waals surface area contributed by atoms with Crippen molar-refractivity contribution in [2.45, 2.75) is 0 Å². The average Bonchev–Trinajstić information content (AvgIpc) is 3.12. The molecule has 0 atom stereocenters. The number of pyridine rings is 2. The molecule has 0 aliphatic carbocycles. The summed E-state index contributed by atoms with van der Waals surface area (Å²) in [7, 11) is 3.74. The Bertz CT molecular complexity index is 1010. The summed E-state index contributed by atoms with van der Waals surface area (Å²) in [6.07, 6.45) is 3.16. The summed E-state index contributed by atoms with van der Waals surface area (Å²) >= 11 is 0. The molecular weight excluding hydrogens is 292 g/mol. The quantitative estimate of drug-likeness (QED) is 0.601. The number of hydrogen-bond acceptors (Lipinski definition) is 6. The Labute approximate surface area is 131 Å². The van der Waals surface area contributed by atoms with Crippen LogP contribution in [-0.4, -0.2) is 34.3 Å². The molecule has 0 saturated carbocycles. The molecule has 0 bridgehead atoms. The third kappa shape index (κ3) is 2.03. The Hall–Kier alpha value is -3.29. The molecule has 0 aliphatic rings. The predicted octanol–water partition coefficient (Wildman–Crippen LogP) is 1.41. The molecule has 23 heavy (non-hydrogen) atoms. The fourth-order valence-electron chi connectivity index (χ4n) is 2.56. The fraction of sp³-hybridized carbons (Fsp3) is 0.133. The number of nitrogens with two attached hydrogens (primary N) is 1. The third-order valence-electron chi connectivity index (χ3n) is 3.74. The van der Waals surface area contributed by atoms with Gasteiger partial charge in [-0.3, -0.25) is 0 Å². The van der Waals surface area contributed by atoms with E-state index in [0.29, 0.717) is 11.6 Å². The van der Waals surface area contributed by atoms with E-state index in [-0.39, 0.29) is 0 Å². The molecule has 0 aromatic carbocycles. The minimum Gasteiger partial charge on any atom is -0.383 e. The largest absolute Gasteiger partial charge is 0.383 e. The summed E-state index contributed by atoms with van der Waals surface area (Å²) in [5.74, 6) is 1.88. The Balaban J connectivity index is 1.92. The molecule has 114 valence electrons. The van der Waals surface area contributed by atoms with Crippen LogP contribution in [0.3, 0.4) is 0 Å². The minimum atomic E-state index is 0.444. The van der Waals surface area contributed by atoms with Crippen molar-refractivity contribution in [2.75, 3.05) is 5.73 Å². The number of hydrogen-bond donors (Lipinski definition) is 1. The van der Waals surface area contributed by atoms with Gasteiger partial charge in [0.05, 0.1) is 5.56 Å². The normalized spacial score (nSPS) is 11.2. The van der Waals surface area contributed by atoms with Gasteiger partial charge in [0.2, 0.25) is 0 Å². The molecule has 8 heteroatoms. The maximum Gasteiger partial charge on any atom is 0.176 e. The van der Waals surface area contributed by atoms with Gasteiger partial charge in [0.1, 0.15) is 29.2 Å². The molecule has 2 N–H and O–H groups in total. The lowest BCUT2D eigenvalue weighted by molar-refractivity contribution is 0.772. The standard InChI is InChI=1S/C15H14N8/c1-22-13(9-4-3-7-17-12(9)16)20-11-6-5-10(21-15(11)22)14-18-8-19-23(14)2/h3-8H,1-2H3,(H2,16,17). The maximum absolute atomic E-state index is 5.96. The number of nitrogens with zero attached hydrogens (tertiary/aromatic N) is 7. The van der Waals surface area contributed by atoms with E-state index in [2.05, 4.69) is 25.0 Å². The van der Waals surface area contributed by atoms with Crippen LogP contribution in [0.1, 0.15) is 0 Å². The van der Waals surface area contributed by atoms with Crippen molar-refractivity contribution in [1.82, 2.24) is 34.3 Å². The van der Waals surface area contributed by atoms with E-state index in [1.54, 1.807) is 10.9 Å². The van der Waals surface area contributed by atoms with Gasteiger partial charge in [-0.2, -0.15) is 5.10 Å². The van der Waals surface area contributed by atoms with Gasteiger partial charge in [-0.15, -0.1) is 0 Å². The van der Waals surface area contributed by atoms with E-state index in [1.165, 1.54) is 6.33 Å². The Morgan fingerprint density at radius 2 is 1.87 bits per heavy atom. The highest BCUT2D eigenvalue weighted by molar-refractivity contribution is 5.81. The van der Waals surface area contributed by atoms with Crippen molar-refractivity contribution < 1.29 is 0 Å². The molecule has 0 fully saturated rings. The molecule has 0 spiro atoms. The van der Waals surface area contributed by atoms with Gasteiger partial charge in [-0.25, -0.2) is 24.6 Å². The molecular formula is C15H14N8. The van der Waals surface area contributed by atoms with E-state index in [4.69, 9.17) is 5.73 Å². The van der Waals surface area contributed by atoms with Crippen molar-refractivity contribution in [3.63, 3.8) is 0 Å². The van der Waals surface area contributed by atoms with Gasteiger partial charge in [0, 0.05) is 20.3 Å². The van der Waals surface area contributed by atoms with E-state index in [0.717, 1.165) is 28.2 Å². The van der Waals surface area contributed by atoms with Crippen molar-refractivity contribution >= 4 is 17.0 Å². The number of aryl methyl sites for hydroxylation is 2. The first kappa shape index (κ1) is 13.4. The topological polar surface area (TPSA) is 100 Å². The highest BCUT2D eigenvalue weighted by atomic mass is 15.3. The molecule has 0 aliphatic heterocycles. The van der Waals surface area contributed by atoms with Gasteiger partial charge in [-0.05, 0) is 24.3 Å². The van der Waals surface area contributed by atoms with E-state index in [9.17, 15) is 0 Å². The number of rotatable bonds is 2. The average molecular weight is 306 g/mol. The molecule has 0 saturated heterocycles. The number of fused-ring (bicyclic) bond motifs is 1. The fourth-order valence-corrected chi connectivity index (χ4v) is 2.56. The number of anilines is 1. The lowest BCUT2D eigenvalue weighted by Gasteiger charge is -2.04. The molecule has 0 unspecified atom stereocenters. The Morgan fingerprint density at radius 1 is 1.00 bits per heavy atom. The van der Waals surface area contributed by atoms with Crippen LogP contribution in [-0.2, 0) is 14.1 Å².